The molecule has 6 heteroatoms. The Kier molecular flexibility index (Phi) is 5.00. The molecular weight excluding hydrogens is 296 g/mol. The van der Waals surface area contributed by atoms with Gasteiger partial charge in [0.05, 0.1) is 4.90 Å². The summed E-state index contributed by atoms with van der Waals surface area (Å²) in [4.78, 5) is 12.4. The number of hydrogen-bond acceptors (Lipinski definition) is 5. The highest BCUT2D eigenvalue weighted by molar-refractivity contribution is 7.90. The topological polar surface area (TPSA) is 60.4 Å². The van der Waals surface area contributed by atoms with Crippen LogP contribution in [0.25, 0.3) is 0 Å². The summed E-state index contributed by atoms with van der Waals surface area (Å²) < 4.78 is 28.2. The first kappa shape index (κ1) is 16.7. The van der Waals surface area contributed by atoms with E-state index in [2.05, 4.69) is 5.92 Å². The van der Waals surface area contributed by atoms with E-state index in [1.807, 2.05) is 20.8 Å². The maximum absolute atomic E-state index is 12.0. The van der Waals surface area contributed by atoms with Gasteiger partial charge in [-0.25, -0.2) is 13.2 Å². The van der Waals surface area contributed by atoms with Gasteiger partial charge in [0.15, 0.2) is 9.84 Å². The highest BCUT2D eigenvalue weighted by atomic mass is 32.2. The van der Waals surface area contributed by atoms with Crippen molar-refractivity contribution in [3.05, 3.63) is 16.3 Å². The maximum Gasteiger partial charge on any atom is 0.348 e. The Hall–Kier alpha value is -1.32. The smallest absolute Gasteiger partial charge is 0.348 e. The summed E-state index contributed by atoms with van der Waals surface area (Å²) in [6.45, 7) is 5.79. The summed E-state index contributed by atoms with van der Waals surface area (Å²) in [6, 6.07) is 1.33. The van der Waals surface area contributed by atoms with Crippen molar-refractivity contribution in [3.8, 4) is 12.3 Å². The standard InChI is InChI=1S/C14H18O4S2/c1-6-7-12(14(2,3)4)18-13(15)11-8-10(9-19-11)20(5,16)17/h1,8-9,12H,7H2,2-5H3/t12-/m1/s1. The Morgan fingerprint density at radius 1 is 1.50 bits per heavy atom. The third-order valence-electron chi connectivity index (χ3n) is 2.72. The number of terminal acetylenes is 1. The van der Waals surface area contributed by atoms with Gasteiger partial charge in [-0.1, -0.05) is 20.8 Å². The lowest BCUT2D eigenvalue weighted by Gasteiger charge is -2.28. The van der Waals surface area contributed by atoms with Crippen molar-refractivity contribution in [3.63, 3.8) is 0 Å². The van der Waals surface area contributed by atoms with Crippen LogP contribution in [-0.2, 0) is 14.6 Å². The van der Waals surface area contributed by atoms with Crippen molar-refractivity contribution in [2.24, 2.45) is 5.41 Å². The summed E-state index contributed by atoms with van der Waals surface area (Å²) in [6.07, 6.45) is 6.29. The molecule has 110 valence electrons. The average Bonchev–Trinajstić information content (AvgIpc) is 2.75. The second-order valence-corrected chi connectivity index (χ2v) is 8.51. The zero-order valence-electron chi connectivity index (χ0n) is 12.0. The number of carbonyl (C=O) groups excluding carboxylic acids is 1. The van der Waals surface area contributed by atoms with E-state index in [0.29, 0.717) is 6.42 Å². The molecule has 0 amide bonds. The third-order valence-corrected chi connectivity index (χ3v) is 4.87. The highest BCUT2D eigenvalue weighted by Gasteiger charge is 2.28. The lowest BCUT2D eigenvalue weighted by atomic mass is 9.87. The van der Waals surface area contributed by atoms with Gasteiger partial charge in [0.25, 0.3) is 0 Å². The molecule has 1 aromatic rings. The molecule has 0 saturated heterocycles. The highest BCUT2D eigenvalue weighted by Crippen LogP contribution is 2.27. The second kappa shape index (κ2) is 5.98. The van der Waals surface area contributed by atoms with Gasteiger partial charge in [-0.2, -0.15) is 0 Å². The van der Waals surface area contributed by atoms with Crippen molar-refractivity contribution in [1.82, 2.24) is 0 Å². The summed E-state index contributed by atoms with van der Waals surface area (Å²) >= 11 is 1.05. The van der Waals surface area contributed by atoms with Crippen molar-refractivity contribution >= 4 is 27.1 Å². The normalized spacial score (nSPS) is 13.6. The molecule has 0 radical (unpaired) electrons. The molecule has 0 aromatic carbocycles. The quantitative estimate of drug-likeness (QED) is 0.633. The van der Waals surface area contributed by atoms with Crippen LogP contribution in [0.4, 0.5) is 0 Å². The minimum Gasteiger partial charge on any atom is -0.457 e. The van der Waals surface area contributed by atoms with Gasteiger partial charge in [-0.15, -0.1) is 23.7 Å². The van der Waals surface area contributed by atoms with Crippen LogP contribution >= 0.6 is 11.3 Å². The van der Waals surface area contributed by atoms with Gasteiger partial charge in [0.1, 0.15) is 11.0 Å². The SMILES string of the molecule is C#CC[C@@H](OC(=O)c1cc(S(C)(=O)=O)cs1)C(C)(C)C. The number of esters is 1. The third kappa shape index (κ3) is 4.36. The number of carbonyl (C=O) groups is 1. The monoisotopic (exact) mass is 314 g/mol. The molecule has 0 N–H and O–H groups in total. The second-order valence-electron chi connectivity index (χ2n) is 5.59. The van der Waals surface area contributed by atoms with Crippen molar-refractivity contribution < 1.29 is 17.9 Å². The van der Waals surface area contributed by atoms with Crippen LogP contribution in [0.2, 0.25) is 0 Å². The number of thiophene rings is 1. The molecule has 0 aliphatic heterocycles. The molecule has 0 fully saturated rings. The van der Waals surface area contributed by atoms with Crippen LogP contribution in [0.15, 0.2) is 16.3 Å². The molecule has 0 unspecified atom stereocenters. The molecule has 20 heavy (non-hydrogen) atoms. The Morgan fingerprint density at radius 3 is 2.50 bits per heavy atom. The largest absolute Gasteiger partial charge is 0.457 e. The van der Waals surface area contributed by atoms with Gasteiger partial charge >= 0.3 is 5.97 Å². The summed E-state index contributed by atoms with van der Waals surface area (Å²) in [5, 5.41) is 1.43. The van der Waals surface area contributed by atoms with E-state index in [9.17, 15) is 13.2 Å². The van der Waals surface area contributed by atoms with Crippen molar-refractivity contribution in [1.29, 1.82) is 0 Å². The first-order valence-corrected chi connectivity index (χ1v) is 8.76. The summed E-state index contributed by atoms with van der Waals surface area (Å²) in [5.41, 5.74) is -0.279. The zero-order chi connectivity index (χ0) is 15.6. The number of ether oxygens (including phenoxy) is 1. The fraction of sp³-hybridized carbons (Fsp3) is 0.500. The van der Waals surface area contributed by atoms with Crippen LogP contribution in [-0.4, -0.2) is 26.7 Å². The fourth-order valence-electron chi connectivity index (χ4n) is 1.44. The molecule has 1 heterocycles. The Bertz CT molecular complexity index is 627. The lowest BCUT2D eigenvalue weighted by Crippen LogP contribution is -2.31. The van der Waals surface area contributed by atoms with E-state index in [0.717, 1.165) is 17.6 Å². The molecule has 0 bridgehead atoms. The van der Waals surface area contributed by atoms with Crippen LogP contribution in [0.5, 0.6) is 0 Å². The van der Waals surface area contributed by atoms with Crippen molar-refractivity contribution in [2.75, 3.05) is 6.26 Å². The van der Waals surface area contributed by atoms with Crippen LogP contribution in [0.3, 0.4) is 0 Å². The van der Waals surface area contributed by atoms with E-state index in [-0.39, 0.29) is 15.2 Å². The molecular formula is C14H18O4S2. The van der Waals surface area contributed by atoms with Crippen LogP contribution < -0.4 is 0 Å². The maximum atomic E-state index is 12.0. The number of hydrogen-bond donors (Lipinski definition) is 0. The van der Waals surface area contributed by atoms with Crippen molar-refractivity contribution in [2.45, 2.75) is 38.2 Å². The molecule has 0 spiro atoms. The number of sulfone groups is 1. The predicted molar refractivity (Wildman–Crippen MR) is 79.5 cm³/mol. The van der Waals surface area contributed by atoms with E-state index in [1.54, 1.807) is 0 Å². The van der Waals surface area contributed by atoms with Crippen LogP contribution in [0, 0.1) is 17.8 Å². The van der Waals surface area contributed by atoms with E-state index in [4.69, 9.17) is 11.2 Å². The minimum absolute atomic E-state index is 0.124. The van der Waals surface area contributed by atoms with Gasteiger partial charge < -0.3 is 4.74 Å². The Balaban J connectivity index is 2.91. The Labute approximate surface area is 124 Å². The average molecular weight is 314 g/mol. The Morgan fingerprint density at radius 2 is 2.10 bits per heavy atom. The zero-order valence-corrected chi connectivity index (χ0v) is 13.6. The first-order valence-electron chi connectivity index (χ1n) is 5.98. The summed E-state index contributed by atoms with van der Waals surface area (Å²) in [5.74, 6) is 1.95. The molecule has 1 atom stereocenters. The molecule has 0 aliphatic rings. The van der Waals surface area contributed by atoms with Gasteiger partial charge in [0, 0.05) is 18.1 Å². The van der Waals surface area contributed by atoms with E-state index in [1.165, 1.54) is 11.4 Å². The minimum atomic E-state index is -3.31. The molecule has 0 saturated carbocycles. The van der Waals surface area contributed by atoms with E-state index < -0.39 is 21.9 Å². The lowest BCUT2D eigenvalue weighted by molar-refractivity contribution is -0.0000472. The first-order chi connectivity index (χ1) is 9.05. The van der Waals surface area contributed by atoms with Gasteiger partial charge in [-0.05, 0) is 11.5 Å². The number of rotatable bonds is 4. The summed E-state index contributed by atoms with van der Waals surface area (Å²) in [7, 11) is -3.31. The van der Waals surface area contributed by atoms with E-state index >= 15 is 0 Å². The fourth-order valence-corrected chi connectivity index (χ4v) is 3.34. The van der Waals surface area contributed by atoms with Gasteiger partial charge in [0.2, 0.25) is 0 Å². The van der Waals surface area contributed by atoms with Gasteiger partial charge in [-0.3, -0.25) is 0 Å². The molecule has 1 aromatic heterocycles. The molecule has 1 rings (SSSR count). The molecule has 4 nitrogen and oxygen atoms in total. The predicted octanol–water partition coefficient (Wildman–Crippen LogP) is 2.75. The van der Waals surface area contributed by atoms with Crippen LogP contribution in [0.1, 0.15) is 36.9 Å². The molecule has 0 aliphatic carbocycles.